The first-order chi connectivity index (χ1) is 15.7. The number of hydrogen-bond donors (Lipinski definition) is 5. The zero-order valence-electron chi connectivity index (χ0n) is 18.2. The number of hydrogen-bond acceptors (Lipinski definition) is 8. The van der Waals surface area contributed by atoms with Gasteiger partial charge in [0, 0.05) is 16.9 Å². The van der Waals surface area contributed by atoms with E-state index in [9.17, 15) is 19.8 Å². The van der Waals surface area contributed by atoms with Gasteiger partial charge >= 0.3 is 5.97 Å². The minimum atomic E-state index is -1.29. The molecule has 10 nitrogen and oxygen atoms in total. The molecule has 33 heavy (non-hydrogen) atoms. The van der Waals surface area contributed by atoms with Crippen LogP contribution in [0.1, 0.15) is 58.4 Å². The molecule has 1 saturated carbocycles. The van der Waals surface area contributed by atoms with E-state index in [-0.39, 0.29) is 28.9 Å². The predicted octanol–water partition coefficient (Wildman–Crippen LogP) is 2.76. The summed E-state index contributed by atoms with van der Waals surface area (Å²) in [7, 11) is 0. The number of benzene rings is 2. The van der Waals surface area contributed by atoms with Crippen LogP contribution in [-0.2, 0) is 0 Å². The molecule has 1 heterocycles. The van der Waals surface area contributed by atoms with Gasteiger partial charge in [-0.2, -0.15) is 4.99 Å². The highest BCUT2D eigenvalue weighted by Gasteiger charge is 2.43. The largest absolute Gasteiger partial charge is 0.507 e. The smallest absolute Gasteiger partial charge is 0.339 e. The molecule has 1 aliphatic carbocycles. The molecule has 0 bridgehead atoms. The summed E-state index contributed by atoms with van der Waals surface area (Å²) >= 11 is 0. The lowest BCUT2D eigenvalue weighted by molar-refractivity contribution is 0.0693. The van der Waals surface area contributed by atoms with Gasteiger partial charge < -0.3 is 27.0 Å². The third kappa shape index (κ3) is 4.19. The van der Waals surface area contributed by atoms with Crippen molar-refractivity contribution < 1.29 is 19.8 Å². The van der Waals surface area contributed by atoms with Gasteiger partial charge in [-0.3, -0.25) is 9.69 Å². The molecular weight excluding hydrogens is 424 g/mol. The van der Waals surface area contributed by atoms with Gasteiger partial charge in [-0.15, -0.1) is 0 Å². The fourth-order valence-electron chi connectivity index (χ4n) is 4.45. The topological polar surface area (TPSA) is 167 Å². The van der Waals surface area contributed by atoms with Crippen LogP contribution in [0.25, 0.3) is 0 Å². The first kappa shape index (κ1) is 22.1. The molecule has 1 amide bonds. The highest BCUT2D eigenvalue weighted by Crippen LogP contribution is 2.40. The van der Waals surface area contributed by atoms with Crippen LogP contribution < -0.4 is 21.7 Å². The summed E-state index contributed by atoms with van der Waals surface area (Å²) in [6, 6.07) is 9.07. The SMILES string of the molecule is Cc1ccc(C(=O)Nc2ccc(O)c(C(=O)O)c2)cc1N1C(N)=NC(N)=NC12CCCCC2. The van der Waals surface area contributed by atoms with Gasteiger partial charge in [0.15, 0.2) is 0 Å². The molecule has 0 unspecified atom stereocenters. The van der Waals surface area contributed by atoms with Crippen molar-refractivity contribution in [2.45, 2.75) is 44.7 Å². The average Bonchev–Trinajstić information content (AvgIpc) is 2.76. The van der Waals surface area contributed by atoms with Crippen molar-refractivity contribution in [3.05, 3.63) is 53.1 Å². The van der Waals surface area contributed by atoms with E-state index < -0.39 is 17.5 Å². The maximum atomic E-state index is 13.0. The zero-order chi connectivity index (χ0) is 23.8. The molecule has 1 fully saturated rings. The Labute approximate surface area is 190 Å². The summed E-state index contributed by atoms with van der Waals surface area (Å²) < 4.78 is 0. The Balaban J connectivity index is 1.68. The van der Waals surface area contributed by atoms with E-state index >= 15 is 0 Å². The van der Waals surface area contributed by atoms with Gasteiger partial charge in [0.1, 0.15) is 17.0 Å². The van der Waals surface area contributed by atoms with E-state index in [0.29, 0.717) is 11.3 Å². The number of carboxylic acid groups (broad SMARTS) is 1. The number of nitrogens with one attached hydrogen (secondary N) is 1. The lowest BCUT2D eigenvalue weighted by Crippen LogP contribution is -2.58. The average molecular weight is 450 g/mol. The van der Waals surface area contributed by atoms with Crippen molar-refractivity contribution in [2.75, 3.05) is 10.2 Å². The van der Waals surface area contributed by atoms with Gasteiger partial charge in [-0.25, -0.2) is 9.79 Å². The quantitative estimate of drug-likeness (QED) is 0.446. The zero-order valence-corrected chi connectivity index (χ0v) is 18.2. The van der Waals surface area contributed by atoms with Crippen LogP contribution >= 0.6 is 0 Å². The number of rotatable bonds is 4. The van der Waals surface area contributed by atoms with E-state index in [1.807, 2.05) is 17.9 Å². The Morgan fingerprint density at radius 3 is 2.52 bits per heavy atom. The number of carbonyl (C=O) groups is 2. The molecule has 0 radical (unpaired) electrons. The molecule has 2 aromatic carbocycles. The number of anilines is 2. The van der Waals surface area contributed by atoms with Crippen molar-refractivity contribution in [1.82, 2.24) is 0 Å². The number of aliphatic imine (C=N–C) groups is 2. The second-order valence-corrected chi connectivity index (χ2v) is 8.31. The predicted molar refractivity (Wildman–Crippen MR) is 126 cm³/mol. The Kier molecular flexibility index (Phi) is 5.67. The Morgan fingerprint density at radius 1 is 1.09 bits per heavy atom. The molecule has 4 rings (SSSR count). The second kappa shape index (κ2) is 8.45. The molecule has 2 aromatic rings. The van der Waals surface area contributed by atoms with Gasteiger partial charge in [-0.1, -0.05) is 12.5 Å². The van der Waals surface area contributed by atoms with Gasteiger partial charge in [0.2, 0.25) is 11.9 Å². The molecule has 0 saturated heterocycles. The number of nitrogens with two attached hydrogens (primary N) is 2. The van der Waals surface area contributed by atoms with Crippen LogP contribution in [0, 0.1) is 6.92 Å². The lowest BCUT2D eigenvalue weighted by atomic mass is 9.87. The molecule has 1 aliphatic heterocycles. The van der Waals surface area contributed by atoms with Gasteiger partial charge in [0.05, 0.1) is 0 Å². The Morgan fingerprint density at radius 2 is 1.82 bits per heavy atom. The minimum Gasteiger partial charge on any atom is -0.507 e. The first-order valence-corrected chi connectivity index (χ1v) is 10.7. The summed E-state index contributed by atoms with van der Waals surface area (Å²) in [6.45, 7) is 1.92. The second-order valence-electron chi connectivity index (χ2n) is 8.31. The fourth-order valence-corrected chi connectivity index (χ4v) is 4.45. The summed E-state index contributed by atoms with van der Waals surface area (Å²) in [4.78, 5) is 35.0. The van der Waals surface area contributed by atoms with Gasteiger partial charge in [-0.05, 0) is 68.5 Å². The molecule has 172 valence electrons. The summed E-state index contributed by atoms with van der Waals surface area (Å²) in [5.74, 6) is -1.73. The maximum absolute atomic E-state index is 13.0. The lowest BCUT2D eigenvalue weighted by Gasteiger charge is -2.46. The summed E-state index contributed by atoms with van der Waals surface area (Å²) in [6.07, 6.45) is 4.60. The first-order valence-electron chi connectivity index (χ1n) is 10.7. The number of aryl methyl sites for hydroxylation is 1. The van der Waals surface area contributed by atoms with Gasteiger partial charge in [0.25, 0.3) is 5.91 Å². The van der Waals surface area contributed by atoms with E-state index in [1.165, 1.54) is 18.2 Å². The van der Waals surface area contributed by atoms with Crippen LogP contribution in [0.3, 0.4) is 0 Å². The number of aromatic carboxylic acids is 1. The monoisotopic (exact) mass is 450 g/mol. The van der Waals surface area contributed by atoms with E-state index in [0.717, 1.165) is 37.7 Å². The number of phenols is 1. The number of aromatic hydroxyl groups is 1. The molecule has 2 aliphatic rings. The van der Waals surface area contributed by atoms with Crippen molar-refractivity contribution in [2.24, 2.45) is 21.5 Å². The maximum Gasteiger partial charge on any atom is 0.339 e. The van der Waals surface area contributed by atoms with E-state index in [1.54, 1.807) is 12.1 Å². The number of carboxylic acids is 1. The van der Waals surface area contributed by atoms with Crippen molar-refractivity contribution in [3.63, 3.8) is 0 Å². The Bertz CT molecular complexity index is 1180. The fraction of sp³-hybridized carbons (Fsp3) is 0.304. The highest BCUT2D eigenvalue weighted by atomic mass is 16.4. The van der Waals surface area contributed by atoms with Crippen molar-refractivity contribution in [3.8, 4) is 5.75 Å². The summed E-state index contributed by atoms with van der Waals surface area (Å²) in [5.41, 5.74) is 13.5. The number of amides is 1. The normalized spacial score (nSPS) is 17.3. The third-order valence-corrected chi connectivity index (χ3v) is 6.05. The molecule has 0 atom stereocenters. The minimum absolute atomic E-state index is 0.152. The molecular formula is C23H26N6O4. The van der Waals surface area contributed by atoms with Crippen LogP contribution in [0.2, 0.25) is 0 Å². The van der Waals surface area contributed by atoms with Crippen molar-refractivity contribution in [1.29, 1.82) is 0 Å². The van der Waals surface area contributed by atoms with Crippen molar-refractivity contribution >= 4 is 35.2 Å². The molecule has 7 N–H and O–H groups in total. The van der Waals surface area contributed by atoms with Crippen LogP contribution in [0.5, 0.6) is 5.75 Å². The van der Waals surface area contributed by atoms with E-state index in [4.69, 9.17) is 11.5 Å². The number of guanidine groups is 2. The molecule has 0 aromatic heterocycles. The van der Waals surface area contributed by atoms with Crippen LogP contribution in [0.15, 0.2) is 46.4 Å². The molecule has 10 heteroatoms. The standard InChI is InChI=1S/C23H26N6O4/c1-13-5-6-14(19(31)26-15-7-8-18(30)16(12-15)20(32)33)11-17(13)29-22(25)27-21(24)28-23(29)9-3-2-4-10-23/h5-8,11-12,30H,2-4,9-10H2,1H3,(H,26,31)(H,32,33)(H4,24,25,27,28). The highest BCUT2D eigenvalue weighted by molar-refractivity contribution is 6.09. The van der Waals surface area contributed by atoms with Crippen LogP contribution in [-0.4, -0.2) is 39.7 Å². The molecule has 1 spiro atoms. The van der Waals surface area contributed by atoms with Crippen LogP contribution in [0.4, 0.5) is 11.4 Å². The third-order valence-electron chi connectivity index (χ3n) is 6.05. The number of nitrogens with zero attached hydrogens (tertiary/aromatic N) is 3. The van der Waals surface area contributed by atoms with E-state index in [2.05, 4.69) is 15.3 Å². The number of carbonyl (C=O) groups excluding carboxylic acids is 1. The Hall–Kier alpha value is -4.08. The summed E-state index contributed by atoms with van der Waals surface area (Å²) in [5, 5.41) is 21.6.